The normalized spacial score (nSPS) is 24.8. The molecule has 1 saturated carbocycles. The predicted octanol–water partition coefficient (Wildman–Crippen LogP) is 4.09. The van der Waals surface area contributed by atoms with Gasteiger partial charge in [-0.25, -0.2) is 9.18 Å². The first-order chi connectivity index (χ1) is 12.1. The molecule has 1 aliphatic heterocycles. The first-order valence-electron chi connectivity index (χ1n) is 9.24. The molecule has 25 heavy (non-hydrogen) atoms. The molecule has 1 aromatic rings. The van der Waals surface area contributed by atoms with Gasteiger partial charge in [0, 0.05) is 36.1 Å². The third kappa shape index (κ3) is 5.27. The fourth-order valence-corrected chi connectivity index (χ4v) is 4.59. The molecular weight excluding hydrogens is 337 g/mol. The van der Waals surface area contributed by atoms with Gasteiger partial charge in [-0.15, -0.1) is 0 Å². The highest BCUT2D eigenvalue weighted by molar-refractivity contribution is 7.99. The maximum Gasteiger partial charge on any atom is 0.317 e. The average molecular weight is 366 g/mol. The van der Waals surface area contributed by atoms with Gasteiger partial charge in [0.2, 0.25) is 0 Å². The van der Waals surface area contributed by atoms with E-state index in [1.54, 1.807) is 12.1 Å². The summed E-state index contributed by atoms with van der Waals surface area (Å²) >= 11 is 1.92. The van der Waals surface area contributed by atoms with E-state index in [1.165, 1.54) is 25.0 Å². The number of likely N-dealkylation sites (tertiary alicyclic amines) is 1. The Morgan fingerprint density at radius 1 is 1.12 bits per heavy atom. The third-order valence-electron chi connectivity index (χ3n) is 5.28. The molecule has 0 spiro atoms. The Morgan fingerprint density at radius 2 is 1.84 bits per heavy atom. The smallest absolute Gasteiger partial charge is 0.317 e. The summed E-state index contributed by atoms with van der Waals surface area (Å²) in [5, 5.41) is 7.35. The molecule has 138 valence electrons. The number of amides is 2. The number of anilines is 1. The molecule has 2 aliphatic rings. The summed E-state index contributed by atoms with van der Waals surface area (Å²) in [6.07, 6.45) is 8.68. The molecule has 0 aromatic heterocycles. The van der Waals surface area contributed by atoms with Crippen LogP contribution in [0.5, 0.6) is 0 Å². The summed E-state index contributed by atoms with van der Waals surface area (Å²) in [4.78, 5) is 14.4. The molecule has 1 saturated heterocycles. The number of urea groups is 1. The van der Waals surface area contributed by atoms with Gasteiger partial charge >= 0.3 is 6.03 Å². The fraction of sp³-hybridized carbons (Fsp3) is 0.632. The van der Waals surface area contributed by atoms with Crippen molar-refractivity contribution in [2.75, 3.05) is 24.7 Å². The van der Waals surface area contributed by atoms with Crippen molar-refractivity contribution in [3.05, 3.63) is 30.1 Å². The van der Waals surface area contributed by atoms with Crippen molar-refractivity contribution in [3.8, 4) is 0 Å². The summed E-state index contributed by atoms with van der Waals surface area (Å²) in [6, 6.07) is 7.22. The van der Waals surface area contributed by atoms with E-state index >= 15 is 0 Å². The maximum absolute atomic E-state index is 13.0. The van der Waals surface area contributed by atoms with Gasteiger partial charge in [-0.1, -0.05) is 6.42 Å². The Bertz CT molecular complexity index is 560. The SMILES string of the molecule is CS[C@@H]1CCC[C@H](NC(=O)N2CCC(Nc3ccc(F)cc3)CC2)C1. The van der Waals surface area contributed by atoms with Crippen LogP contribution in [0.15, 0.2) is 24.3 Å². The lowest BCUT2D eigenvalue weighted by atomic mass is 9.95. The van der Waals surface area contributed by atoms with Gasteiger partial charge in [0.15, 0.2) is 0 Å². The Balaban J connectivity index is 1.42. The second kappa shape index (κ2) is 8.79. The van der Waals surface area contributed by atoms with Crippen LogP contribution in [-0.2, 0) is 0 Å². The molecule has 4 nitrogen and oxygen atoms in total. The monoisotopic (exact) mass is 365 g/mol. The van der Waals surface area contributed by atoms with E-state index < -0.39 is 0 Å². The van der Waals surface area contributed by atoms with Gasteiger partial charge in [-0.3, -0.25) is 0 Å². The highest BCUT2D eigenvalue weighted by Gasteiger charge is 2.27. The fourth-order valence-electron chi connectivity index (χ4n) is 3.76. The van der Waals surface area contributed by atoms with Crippen molar-refractivity contribution in [1.82, 2.24) is 10.2 Å². The number of halogens is 1. The summed E-state index contributed by atoms with van der Waals surface area (Å²) in [5.74, 6) is -0.219. The van der Waals surface area contributed by atoms with Crippen LogP contribution in [0, 0.1) is 5.82 Å². The number of nitrogens with zero attached hydrogens (tertiary/aromatic N) is 1. The quantitative estimate of drug-likeness (QED) is 0.845. The number of hydrogen-bond acceptors (Lipinski definition) is 3. The van der Waals surface area contributed by atoms with E-state index in [9.17, 15) is 9.18 Å². The Kier molecular flexibility index (Phi) is 6.45. The molecule has 2 atom stereocenters. The van der Waals surface area contributed by atoms with Crippen LogP contribution in [-0.4, -0.2) is 47.6 Å². The van der Waals surface area contributed by atoms with Gasteiger partial charge in [-0.05, 0) is 62.6 Å². The van der Waals surface area contributed by atoms with Crippen LogP contribution < -0.4 is 10.6 Å². The Morgan fingerprint density at radius 3 is 2.52 bits per heavy atom. The number of hydrogen-bond donors (Lipinski definition) is 2. The summed E-state index contributed by atoms with van der Waals surface area (Å²) in [5.41, 5.74) is 0.939. The minimum Gasteiger partial charge on any atom is -0.382 e. The van der Waals surface area contributed by atoms with Crippen LogP contribution in [0.4, 0.5) is 14.9 Å². The number of rotatable bonds is 4. The molecule has 2 amide bonds. The molecule has 1 heterocycles. The number of piperidine rings is 1. The standard InChI is InChI=1S/C19H28FN3OS/c1-25-18-4-2-3-17(13-18)22-19(24)23-11-9-16(10-12-23)21-15-7-5-14(20)6-8-15/h5-8,16-18,21H,2-4,9-13H2,1H3,(H,22,24)/t17-,18+/m0/s1. The zero-order valence-corrected chi connectivity index (χ0v) is 15.7. The van der Waals surface area contributed by atoms with E-state index in [0.717, 1.165) is 44.5 Å². The molecule has 1 aliphatic carbocycles. The van der Waals surface area contributed by atoms with Gasteiger partial charge in [0.25, 0.3) is 0 Å². The number of carbonyl (C=O) groups is 1. The molecule has 2 fully saturated rings. The lowest BCUT2D eigenvalue weighted by molar-refractivity contribution is 0.177. The number of carbonyl (C=O) groups excluding carboxylic acids is 1. The second-order valence-electron chi connectivity index (χ2n) is 7.08. The largest absolute Gasteiger partial charge is 0.382 e. The lowest BCUT2D eigenvalue weighted by Crippen LogP contribution is -2.50. The Hall–Kier alpha value is -1.43. The van der Waals surface area contributed by atoms with Gasteiger partial charge in [0.1, 0.15) is 5.82 Å². The first-order valence-corrected chi connectivity index (χ1v) is 10.5. The lowest BCUT2D eigenvalue weighted by Gasteiger charge is -2.35. The van der Waals surface area contributed by atoms with E-state index in [1.807, 2.05) is 16.7 Å². The molecule has 3 rings (SSSR count). The number of nitrogens with one attached hydrogen (secondary N) is 2. The van der Waals surface area contributed by atoms with Crippen molar-refractivity contribution in [3.63, 3.8) is 0 Å². The molecule has 0 radical (unpaired) electrons. The van der Waals surface area contributed by atoms with Crippen LogP contribution in [0.25, 0.3) is 0 Å². The maximum atomic E-state index is 13.0. The second-order valence-corrected chi connectivity index (χ2v) is 8.22. The molecule has 1 aromatic carbocycles. The topological polar surface area (TPSA) is 44.4 Å². The highest BCUT2D eigenvalue weighted by atomic mass is 32.2. The van der Waals surface area contributed by atoms with Crippen LogP contribution >= 0.6 is 11.8 Å². The van der Waals surface area contributed by atoms with Gasteiger partial charge in [-0.2, -0.15) is 11.8 Å². The molecular formula is C19H28FN3OS. The van der Waals surface area contributed by atoms with Crippen molar-refractivity contribution in [2.45, 2.75) is 55.9 Å². The number of thioether (sulfide) groups is 1. The van der Waals surface area contributed by atoms with E-state index in [0.29, 0.717) is 17.3 Å². The molecule has 2 N–H and O–H groups in total. The van der Waals surface area contributed by atoms with E-state index in [-0.39, 0.29) is 11.8 Å². The van der Waals surface area contributed by atoms with Gasteiger partial charge in [0.05, 0.1) is 0 Å². The van der Waals surface area contributed by atoms with E-state index in [4.69, 9.17) is 0 Å². The Labute approximate surface area is 153 Å². The van der Waals surface area contributed by atoms with Gasteiger partial charge < -0.3 is 15.5 Å². The van der Waals surface area contributed by atoms with Crippen molar-refractivity contribution in [1.29, 1.82) is 0 Å². The van der Waals surface area contributed by atoms with Crippen LogP contribution in [0.2, 0.25) is 0 Å². The van der Waals surface area contributed by atoms with Crippen molar-refractivity contribution < 1.29 is 9.18 Å². The summed E-state index contributed by atoms with van der Waals surface area (Å²) in [7, 11) is 0. The minimum absolute atomic E-state index is 0.0898. The zero-order valence-electron chi connectivity index (χ0n) is 14.8. The average Bonchev–Trinajstić information content (AvgIpc) is 2.64. The molecule has 6 heteroatoms. The minimum atomic E-state index is -0.219. The van der Waals surface area contributed by atoms with E-state index in [2.05, 4.69) is 16.9 Å². The zero-order chi connectivity index (χ0) is 17.6. The predicted molar refractivity (Wildman–Crippen MR) is 103 cm³/mol. The third-order valence-corrected chi connectivity index (χ3v) is 6.38. The van der Waals surface area contributed by atoms with Crippen LogP contribution in [0.1, 0.15) is 38.5 Å². The summed E-state index contributed by atoms with van der Waals surface area (Å²) in [6.45, 7) is 1.53. The van der Waals surface area contributed by atoms with Crippen molar-refractivity contribution >= 4 is 23.5 Å². The van der Waals surface area contributed by atoms with Crippen molar-refractivity contribution in [2.24, 2.45) is 0 Å². The highest BCUT2D eigenvalue weighted by Crippen LogP contribution is 2.27. The molecule has 0 unspecified atom stereocenters. The summed E-state index contributed by atoms with van der Waals surface area (Å²) < 4.78 is 13.0. The first kappa shape index (κ1) is 18.4. The van der Waals surface area contributed by atoms with Crippen LogP contribution in [0.3, 0.4) is 0 Å². The molecule has 0 bridgehead atoms. The number of benzene rings is 1.